The van der Waals surface area contributed by atoms with Crippen LogP contribution in [0.5, 0.6) is 0 Å². The molecule has 2 heterocycles. The maximum atomic E-state index is 14.7. The van der Waals surface area contributed by atoms with Gasteiger partial charge in [0.2, 0.25) is 12.1 Å². The zero-order valence-corrected chi connectivity index (χ0v) is 27.9. The molecular weight excluding hydrogens is 635 g/mol. The molecule has 15 heteroatoms. The number of nitrogens with zero attached hydrogens (tertiary/aromatic N) is 2. The number of unbranched alkanes of at least 4 members (excludes halogenated alkanes) is 1. The summed E-state index contributed by atoms with van der Waals surface area (Å²) in [6.45, 7) is 1.47. The minimum atomic E-state index is -4.00. The topological polar surface area (TPSA) is 167 Å². The summed E-state index contributed by atoms with van der Waals surface area (Å²) in [6.07, 6.45) is 22.5. The normalized spacial score (nSPS) is 21.2. The van der Waals surface area contributed by atoms with E-state index in [2.05, 4.69) is 77.0 Å². The number of hydrogen-bond donors (Lipinski definition) is 4. The van der Waals surface area contributed by atoms with Crippen molar-refractivity contribution in [2.24, 2.45) is 0 Å². The van der Waals surface area contributed by atoms with Gasteiger partial charge >= 0.3 is 19.4 Å². The molecule has 1 aliphatic heterocycles. The number of carbonyl (C=O) groups excluding carboxylic acids is 1. The summed E-state index contributed by atoms with van der Waals surface area (Å²) >= 11 is 0. The number of amides is 1. The van der Waals surface area contributed by atoms with Crippen molar-refractivity contribution in [3.63, 3.8) is 0 Å². The van der Waals surface area contributed by atoms with Crippen LogP contribution >= 0.6 is 7.75 Å². The number of allylic oxidation sites excluding steroid dienone is 10. The lowest BCUT2D eigenvalue weighted by molar-refractivity contribution is -0.140. The summed E-state index contributed by atoms with van der Waals surface area (Å²) in [4.78, 5) is 27.5. The van der Waals surface area contributed by atoms with Crippen molar-refractivity contribution in [1.29, 1.82) is 0 Å². The van der Waals surface area contributed by atoms with Crippen LogP contribution in [0.1, 0.15) is 64.5 Å². The van der Waals surface area contributed by atoms with Crippen LogP contribution < -0.4 is 21.8 Å². The number of ether oxygens (including phenoxy) is 1. The first-order valence-corrected chi connectivity index (χ1v) is 17.2. The molecule has 1 aliphatic rings. The van der Waals surface area contributed by atoms with Crippen LogP contribution in [-0.2, 0) is 23.1 Å². The smallest absolute Gasteiger partial charge is 0.384 e. The summed E-state index contributed by atoms with van der Waals surface area (Å²) in [6, 6.07) is 1.13. The number of carbonyl (C=O) groups is 1. The number of aromatic nitrogens is 2. The van der Waals surface area contributed by atoms with E-state index >= 15 is 0 Å². The molecular formula is C32H48F2N5O7P. The monoisotopic (exact) mass is 683 g/mol. The third kappa shape index (κ3) is 14.6. The summed E-state index contributed by atoms with van der Waals surface area (Å²) in [5.41, 5.74) is 4.30. The number of anilines is 1. The second kappa shape index (κ2) is 21.6. The van der Waals surface area contributed by atoms with Crippen LogP contribution in [0, 0.1) is 0 Å². The molecule has 0 spiro atoms. The molecule has 4 atom stereocenters. The highest BCUT2D eigenvalue weighted by molar-refractivity contribution is 7.51. The van der Waals surface area contributed by atoms with Gasteiger partial charge in [0.1, 0.15) is 11.9 Å². The molecule has 12 nitrogen and oxygen atoms in total. The Hall–Kier alpha value is -3.26. The largest absolute Gasteiger partial charge is 0.405 e. The number of aliphatic hydroxyl groups excluding tert-OH is 1. The maximum absolute atomic E-state index is 14.7. The quantitative estimate of drug-likeness (QED) is 0.0732. The highest BCUT2D eigenvalue weighted by atomic mass is 31.2. The van der Waals surface area contributed by atoms with Crippen molar-refractivity contribution in [3.8, 4) is 0 Å². The Morgan fingerprint density at radius 1 is 1.09 bits per heavy atom. The van der Waals surface area contributed by atoms with E-state index < -0.39 is 44.4 Å². The fourth-order valence-corrected chi connectivity index (χ4v) is 5.33. The minimum absolute atomic E-state index is 0.00894. The molecule has 0 aliphatic carbocycles. The van der Waals surface area contributed by atoms with Crippen molar-refractivity contribution in [3.05, 3.63) is 83.5 Å². The van der Waals surface area contributed by atoms with Crippen LogP contribution in [-0.4, -0.2) is 65.5 Å². The van der Waals surface area contributed by atoms with E-state index in [1.807, 2.05) is 6.08 Å². The Morgan fingerprint density at radius 2 is 1.68 bits per heavy atom. The summed E-state index contributed by atoms with van der Waals surface area (Å²) in [5, 5.41) is 15.3. The maximum Gasteiger partial charge on any atom is 0.405 e. The SMILES string of the molecule is CC/C=C/C/C=C\C/C=C\C/C=C\C/C=C\CCCC(=O)NCCNP(=O)(OC)OC[C@H]1O[C@@H](n2ccc(N)nc2=O)C(F)(F)[C@@H]1O. The summed E-state index contributed by atoms with van der Waals surface area (Å²) in [7, 11) is -2.92. The predicted octanol–water partition coefficient (Wildman–Crippen LogP) is 5.12. The molecule has 1 aromatic heterocycles. The van der Waals surface area contributed by atoms with Crippen molar-refractivity contribution < 1.29 is 37.0 Å². The summed E-state index contributed by atoms with van der Waals surface area (Å²) < 4.78 is 58.0. The van der Waals surface area contributed by atoms with Gasteiger partial charge in [0.15, 0.2) is 6.10 Å². The Morgan fingerprint density at radius 3 is 2.26 bits per heavy atom. The summed E-state index contributed by atoms with van der Waals surface area (Å²) in [5.74, 6) is -4.24. The number of nitrogen functional groups attached to an aromatic ring is 1. The molecule has 0 aromatic carbocycles. The van der Waals surface area contributed by atoms with E-state index in [9.17, 15) is 28.0 Å². The van der Waals surface area contributed by atoms with E-state index in [0.717, 1.165) is 57.9 Å². The van der Waals surface area contributed by atoms with Crippen LogP contribution in [0.2, 0.25) is 0 Å². The van der Waals surface area contributed by atoms with Gasteiger partial charge in [-0.2, -0.15) is 13.8 Å². The van der Waals surface area contributed by atoms with Crippen molar-refractivity contribution in [2.45, 2.75) is 82.6 Å². The standard InChI is InChI=1S/C32H48F2N5O7P/c1-3-4-5-6-7-8-9-10-11-12-13-14-15-16-17-18-19-20-28(40)36-22-23-37-47(43,44-2)45-25-26-29(41)32(33,34)30(46-26)39-24-21-27(35)38-31(39)42/h4-5,7-8,10-11,13-14,16-17,21,24,26,29-30,41H,3,6,9,12,15,18-20,22-23,25H2,1-2H3,(H,36,40)(H,37,43)(H2,35,38,42)/b5-4+,8-7-,11-10-,14-13-,17-16-/t26-,29-,30-,47?/m1/s1. The molecule has 1 aromatic rings. The van der Waals surface area contributed by atoms with E-state index in [0.29, 0.717) is 17.4 Å². The number of halogens is 2. The Balaban J connectivity index is 1.60. The van der Waals surface area contributed by atoms with Gasteiger partial charge in [-0.15, -0.1) is 0 Å². The van der Waals surface area contributed by atoms with E-state index in [-0.39, 0.29) is 24.8 Å². The van der Waals surface area contributed by atoms with Crippen molar-refractivity contribution in [1.82, 2.24) is 20.0 Å². The fraction of sp³-hybridized carbons (Fsp3) is 0.531. The first kappa shape index (κ1) is 39.9. The number of alkyl halides is 2. The third-order valence-electron chi connectivity index (χ3n) is 6.82. The molecule has 1 amide bonds. The molecule has 0 saturated carbocycles. The first-order valence-electron chi connectivity index (χ1n) is 15.7. The van der Waals surface area contributed by atoms with Gasteiger partial charge in [0, 0.05) is 32.8 Å². The number of hydrogen-bond acceptors (Lipinski definition) is 9. The lowest BCUT2D eigenvalue weighted by Crippen LogP contribution is -2.42. The second-order valence-corrected chi connectivity index (χ2v) is 12.5. The lowest BCUT2D eigenvalue weighted by Gasteiger charge is -2.21. The van der Waals surface area contributed by atoms with Crippen LogP contribution in [0.3, 0.4) is 0 Å². The van der Waals surface area contributed by atoms with Gasteiger partial charge in [-0.25, -0.2) is 14.4 Å². The lowest BCUT2D eigenvalue weighted by atomic mass is 10.1. The van der Waals surface area contributed by atoms with E-state index in [4.69, 9.17) is 19.5 Å². The average molecular weight is 684 g/mol. The number of nitrogens with two attached hydrogens (primary N) is 1. The molecule has 0 radical (unpaired) electrons. The Bertz CT molecular complexity index is 1350. The first-order chi connectivity index (χ1) is 22.5. The third-order valence-corrected chi connectivity index (χ3v) is 8.40. The van der Waals surface area contributed by atoms with Gasteiger partial charge in [0.05, 0.1) is 6.61 Å². The predicted molar refractivity (Wildman–Crippen MR) is 178 cm³/mol. The van der Waals surface area contributed by atoms with E-state index in [1.54, 1.807) is 0 Å². The van der Waals surface area contributed by atoms with Crippen LogP contribution in [0.15, 0.2) is 77.8 Å². The van der Waals surface area contributed by atoms with Crippen LogP contribution in [0.25, 0.3) is 0 Å². The Kier molecular flexibility index (Phi) is 18.3. The zero-order chi connectivity index (χ0) is 34.5. The minimum Gasteiger partial charge on any atom is -0.384 e. The molecule has 5 N–H and O–H groups in total. The zero-order valence-electron chi connectivity index (χ0n) is 27.0. The van der Waals surface area contributed by atoms with Gasteiger partial charge in [-0.05, 0) is 51.0 Å². The molecule has 1 unspecified atom stereocenters. The number of rotatable bonds is 22. The van der Waals surface area contributed by atoms with E-state index in [1.165, 1.54) is 0 Å². The molecule has 47 heavy (non-hydrogen) atoms. The van der Waals surface area contributed by atoms with Gasteiger partial charge < -0.3 is 25.4 Å². The highest BCUT2D eigenvalue weighted by Gasteiger charge is 2.60. The molecule has 0 bridgehead atoms. The molecule has 262 valence electrons. The van der Waals surface area contributed by atoms with Crippen molar-refractivity contribution >= 4 is 19.5 Å². The van der Waals surface area contributed by atoms with Crippen LogP contribution in [0.4, 0.5) is 14.6 Å². The molecule has 1 fully saturated rings. The molecule has 2 rings (SSSR count). The molecule has 1 saturated heterocycles. The van der Waals surface area contributed by atoms with Crippen molar-refractivity contribution in [2.75, 3.05) is 32.5 Å². The fourth-order valence-electron chi connectivity index (χ4n) is 4.28. The Labute approximate surface area is 275 Å². The second-order valence-electron chi connectivity index (χ2n) is 10.5. The highest BCUT2D eigenvalue weighted by Crippen LogP contribution is 2.46. The van der Waals surface area contributed by atoms with Gasteiger partial charge in [-0.1, -0.05) is 67.7 Å². The van der Waals surface area contributed by atoms with Gasteiger partial charge in [-0.3, -0.25) is 13.9 Å². The number of aliphatic hydroxyl groups is 1. The van der Waals surface area contributed by atoms with Gasteiger partial charge in [0.25, 0.3) is 0 Å². The average Bonchev–Trinajstić information content (AvgIpc) is 3.27. The number of nitrogens with one attached hydrogen (secondary N) is 2.